The quantitative estimate of drug-likeness (QED) is 0.609. The zero-order valence-electron chi connectivity index (χ0n) is 8.67. The van der Waals surface area contributed by atoms with Crippen molar-refractivity contribution in [1.29, 1.82) is 0 Å². The minimum Gasteiger partial charge on any atom is -0.358 e. The second-order valence-electron chi connectivity index (χ2n) is 3.42. The standard InChI is InChI=1S/C9H17N3O2/c1-10-7-4-3-5-12(9(7)14)6-8(13)11-2/h7,10H,3-6H2,1-2H3,(H,11,13). The van der Waals surface area contributed by atoms with Gasteiger partial charge in [-0.25, -0.2) is 0 Å². The molecule has 0 aromatic rings. The van der Waals surface area contributed by atoms with Crippen molar-refractivity contribution in [3.63, 3.8) is 0 Å². The van der Waals surface area contributed by atoms with E-state index >= 15 is 0 Å². The summed E-state index contributed by atoms with van der Waals surface area (Å²) in [5.74, 6) is -0.0857. The molecule has 0 aromatic carbocycles. The van der Waals surface area contributed by atoms with Crippen molar-refractivity contribution in [2.24, 2.45) is 0 Å². The maximum absolute atomic E-state index is 11.7. The molecule has 1 heterocycles. The molecule has 1 aliphatic rings. The van der Waals surface area contributed by atoms with Crippen LogP contribution in [0.2, 0.25) is 0 Å². The van der Waals surface area contributed by atoms with Gasteiger partial charge in [0.05, 0.1) is 12.6 Å². The topological polar surface area (TPSA) is 61.4 Å². The van der Waals surface area contributed by atoms with Gasteiger partial charge in [0.1, 0.15) is 0 Å². The first-order valence-corrected chi connectivity index (χ1v) is 4.85. The molecule has 0 bridgehead atoms. The molecule has 1 fully saturated rings. The van der Waals surface area contributed by atoms with Gasteiger partial charge in [0, 0.05) is 13.6 Å². The first-order valence-electron chi connectivity index (χ1n) is 4.85. The monoisotopic (exact) mass is 199 g/mol. The van der Waals surface area contributed by atoms with Gasteiger partial charge < -0.3 is 15.5 Å². The van der Waals surface area contributed by atoms with Crippen molar-refractivity contribution in [3.8, 4) is 0 Å². The molecule has 2 amide bonds. The molecule has 5 heteroatoms. The number of rotatable bonds is 3. The second kappa shape index (κ2) is 4.95. The lowest BCUT2D eigenvalue weighted by Crippen LogP contribution is -2.52. The lowest BCUT2D eigenvalue weighted by molar-refractivity contribution is -0.139. The number of carbonyl (C=O) groups is 2. The molecule has 1 unspecified atom stereocenters. The Labute approximate surface area is 83.8 Å². The highest BCUT2D eigenvalue weighted by atomic mass is 16.2. The fourth-order valence-electron chi connectivity index (χ4n) is 1.62. The average molecular weight is 199 g/mol. The van der Waals surface area contributed by atoms with Crippen LogP contribution in [0.5, 0.6) is 0 Å². The number of amides is 2. The molecule has 1 aliphatic heterocycles. The smallest absolute Gasteiger partial charge is 0.240 e. The van der Waals surface area contributed by atoms with Crippen LogP contribution in [0.25, 0.3) is 0 Å². The molecule has 0 saturated carbocycles. The summed E-state index contributed by atoms with van der Waals surface area (Å²) in [6.07, 6.45) is 1.81. The highest BCUT2D eigenvalue weighted by Gasteiger charge is 2.28. The van der Waals surface area contributed by atoms with Crippen molar-refractivity contribution in [1.82, 2.24) is 15.5 Å². The molecule has 14 heavy (non-hydrogen) atoms. The van der Waals surface area contributed by atoms with Crippen LogP contribution in [0.3, 0.4) is 0 Å². The largest absolute Gasteiger partial charge is 0.358 e. The number of likely N-dealkylation sites (N-methyl/N-ethyl adjacent to an activating group) is 2. The first kappa shape index (κ1) is 11.0. The van der Waals surface area contributed by atoms with Gasteiger partial charge in [0.25, 0.3) is 0 Å². The van der Waals surface area contributed by atoms with Crippen molar-refractivity contribution < 1.29 is 9.59 Å². The minimum atomic E-state index is -0.117. The molecule has 1 atom stereocenters. The van der Waals surface area contributed by atoms with E-state index in [4.69, 9.17) is 0 Å². The minimum absolute atomic E-state index is 0.0300. The molecule has 0 aliphatic carbocycles. The second-order valence-corrected chi connectivity index (χ2v) is 3.42. The molecule has 5 nitrogen and oxygen atoms in total. The normalized spacial score (nSPS) is 22.3. The predicted molar refractivity (Wildman–Crippen MR) is 52.7 cm³/mol. The number of piperidine rings is 1. The highest BCUT2D eigenvalue weighted by Crippen LogP contribution is 2.10. The van der Waals surface area contributed by atoms with Crippen LogP contribution in [0.15, 0.2) is 0 Å². The lowest BCUT2D eigenvalue weighted by atomic mass is 10.1. The molecule has 0 spiro atoms. The van der Waals surface area contributed by atoms with Gasteiger partial charge in [-0.2, -0.15) is 0 Å². The summed E-state index contributed by atoms with van der Waals surface area (Å²) in [4.78, 5) is 24.4. The van der Waals surface area contributed by atoms with Gasteiger partial charge in [0.15, 0.2) is 0 Å². The third-order valence-electron chi connectivity index (χ3n) is 2.49. The zero-order chi connectivity index (χ0) is 10.6. The summed E-state index contributed by atoms with van der Waals surface area (Å²) in [7, 11) is 3.35. The fourth-order valence-corrected chi connectivity index (χ4v) is 1.62. The van der Waals surface area contributed by atoms with Crippen molar-refractivity contribution in [2.45, 2.75) is 18.9 Å². The van der Waals surface area contributed by atoms with E-state index in [1.807, 2.05) is 0 Å². The van der Waals surface area contributed by atoms with Gasteiger partial charge in [-0.1, -0.05) is 0 Å². The Hall–Kier alpha value is -1.10. The summed E-state index contributed by atoms with van der Waals surface area (Å²) < 4.78 is 0. The molecule has 1 rings (SSSR count). The Kier molecular flexibility index (Phi) is 3.88. The Morgan fingerprint density at radius 3 is 2.86 bits per heavy atom. The third-order valence-corrected chi connectivity index (χ3v) is 2.49. The SMILES string of the molecule is CNC(=O)CN1CCCC(NC)C1=O. The predicted octanol–water partition coefficient (Wildman–Crippen LogP) is -1.06. The van der Waals surface area contributed by atoms with Crippen LogP contribution < -0.4 is 10.6 Å². The Bertz CT molecular complexity index is 230. The van der Waals surface area contributed by atoms with Crippen LogP contribution in [-0.2, 0) is 9.59 Å². The van der Waals surface area contributed by atoms with E-state index in [9.17, 15) is 9.59 Å². The van der Waals surface area contributed by atoms with Crippen LogP contribution >= 0.6 is 0 Å². The summed E-state index contributed by atoms with van der Waals surface area (Å²) in [6.45, 7) is 0.859. The summed E-state index contributed by atoms with van der Waals surface area (Å²) >= 11 is 0. The summed E-state index contributed by atoms with van der Waals surface area (Å²) in [5, 5.41) is 5.46. The van der Waals surface area contributed by atoms with E-state index in [2.05, 4.69) is 10.6 Å². The lowest BCUT2D eigenvalue weighted by Gasteiger charge is -2.31. The van der Waals surface area contributed by atoms with Gasteiger partial charge >= 0.3 is 0 Å². The maximum Gasteiger partial charge on any atom is 0.240 e. The highest BCUT2D eigenvalue weighted by molar-refractivity contribution is 5.87. The summed E-state index contributed by atoms with van der Waals surface area (Å²) in [6, 6.07) is -0.117. The number of nitrogens with one attached hydrogen (secondary N) is 2. The van der Waals surface area contributed by atoms with Crippen LogP contribution in [0.1, 0.15) is 12.8 Å². The third kappa shape index (κ3) is 2.45. The Morgan fingerprint density at radius 1 is 1.57 bits per heavy atom. The van der Waals surface area contributed by atoms with Gasteiger partial charge in [-0.3, -0.25) is 9.59 Å². The van der Waals surface area contributed by atoms with E-state index in [-0.39, 0.29) is 24.4 Å². The van der Waals surface area contributed by atoms with Gasteiger partial charge in [-0.15, -0.1) is 0 Å². The zero-order valence-corrected chi connectivity index (χ0v) is 8.67. The van der Waals surface area contributed by atoms with Crippen molar-refractivity contribution >= 4 is 11.8 Å². The van der Waals surface area contributed by atoms with E-state index in [1.165, 1.54) is 0 Å². The van der Waals surface area contributed by atoms with Gasteiger partial charge in [0.2, 0.25) is 11.8 Å². The van der Waals surface area contributed by atoms with E-state index in [1.54, 1.807) is 19.0 Å². The van der Waals surface area contributed by atoms with E-state index in [0.717, 1.165) is 12.8 Å². The average Bonchev–Trinajstić information content (AvgIpc) is 2.21. The number of nitrogens with zero attached hydrogens (tertiary/aromatic N) is 1. The maximum atomic E-state index is 11.7. The molecule has 1 saturated heterocycles. The van der Waals surface area contributed by atoms with E-state index < -0.39 is 0 Å². The Morgan fingerprint density at radius 2 is 2.29 bits per heavy atom. The van der Waals surface area contributed by atoms with Crippen molar-refractivity contribution in [3.05, 3.63) is 0 Å². The molecule has 80 valence electrons. The molecule has 0 aromatic heterocycles. The van der Waals surface area contributed by atoms with E-state index in [0.29, 0.717) is 6.54 Å². The summed E-state index contributed by atoms with van der Waals surface area (Å²) in [5.41, 5.74) is 0. The first-order chi connectivity index (χ1) is 6.69. The number of hydrogen-bond donors (Lipinski definition) is 2. The number of carbonyl (C=O) groups excluding carboxylic acids is 2. The number of hydrogen-bond acceptors (Lipinski definition) is 3. The molecular formula is C9H17N3O2. The van der Waals surface area contributed by atoms with Crippen LogP contribution in [0.4, 0.5) is 0 Å². The molecule has 2 N–H and O–H groups in total. The van der Waals surface area contributed by atoms with Crippen LogP contribution in [-0.4, -0.2) is 49.9 Å². The Balaban J connectivity index is 2.52. The molecule has 0 radical (unpaired) electrons. The van der Waals surface area contributed by atoms with Crippen LogP contribution in [0, 0.1) is 0 Å². The van der Waals surface area contributed by atoms with Gasteiger partial charge in [-0.05, 0) is 19.9 Å². The fraction of sp³-hybridized carbons (Fsp3) is 0.778. The van der Waals surface area contributed by atoms with Crippen molar-refractivity contribution in [2.75, 3.05) is 27.2 Å². The number of likely N-dealkylation sites (tertiary alicyclic amines) is 1. The molecular weight excluding hydrogens is 182 g/mol.